The summed E-state index contributed by atoms with van der Waals surface area (Å²) >= 11 is 6.11. The van der Waals surface area contributed by atoms with Gasteiger partial charge in [0.15, 0.2) is 0 Å². The van der Waals surface area contributed by atoms with Crippen molar-refractivity contribution in [3.63, 3.8) is 0 Å². The molecule has 1 saturated heterocycles. The first-order valence-electron chi connectivity index (χ1n) is 7.42. The number of ether oxygens (including phenoxy) is 1. The highest BCUT2D eigenvalue weighted by atomic mass is 35.5. The average molecular weight is 365 g/mol. The van der Waals surface area contributed by atoms with E-state index in [4.69, 9.17) is 16.3 Å². The van der Waals surface area contributed by atoms with Crippen LogP contribution in [-0.4, -0.2) is 38.3 Å². The van der Waals surface area contributed by atoms with Crippen LogP contribution in [-0.2, 0) is 14.9 Å². The van der Waals surface area contributed by atoms with Gasteiger partial charge in [0.2, 0.25) is 5.91 Å². The standard InChI is InChI=1S/C16H22ClFN2O2.ClH/c1-16(2,13-4-3-11(18)7-14(13)17)10-20-15(21)8-12-9-22-6-5-19-12;/h3-4,7,12,19H,5-6,8-10H2,1-2H3,(H,20,21);1H. The molecule has 2 rings (SSSR count). The molecule has 130 valence electrons. The minimum absolute atomic E-state index is 0. The fourth-order valence-electron chi connectivity index (χ4n) is 2.50. The Morgan fingerprint density at radius 2 is 2.26 bits per heavy atom. The van der Waals surface area contributed by atoms with E-state index in [9.17, 15) is 9.18 Å². The molecule has 0 saturated carbocycles. The fourth-order valence-corrected chi connectivity index (χ4v) is 2.92. The highest BCUT2D eigenvalue weighted by molar-refractivity contribution is 6.31. The lowest BCUT2D eigenvalue weighted by Gasteiger charge is -2.28. The Morgan fingerprint density at radius 1 is 1.52 bits per heavy atom. The molecule has 4 nitrogen and oxygen atoms in total. The first-order valence-corrected chi connectivity index (χ1v) is 7.79. The summed E-state index contributed by atoms with van der Waals surface area (Å²) in [5.41, 5.74) is 0.437. The second-order valence-electron chi connectivity index (χ2n) is 6.21. The maximum atomic E-state index is 13.1. The number of rotatable bonds is 5. The fraction of sp³-hybridized carbons (Fsp3) is 0.562. The van der Waals surface area contributed by atoms with Gasteiger partial charge in [0.05, 0.1) is 13.2 Å². The molecule has 23 heavy (non-hydrogen) atoms. The number of morpholine rings is 1. The Hall–Kier alpha value is -0.880. The molecule has 1 aliphatic rings. The summed E-state index contributed by atoms with van der Waals surface area (Å²) in [7, 11) is 0. The Labute approximate surface area is 147 Å². The number of nitrogens with one attached hydrogen (secondary N) is 2. The van der Waals surface area contributed by atoms with E-state index in [1.807, 2.05) is 13.8 Å². The number of carbonyl (C=O) groups is 1. The molecule has 0 radical (unpaired) electrons. The molecule has 0 aliphatic carbocycles. The van der Waals surface area contributed by atoms with Crippen molar-refractivity contribution in [3.8, 4) is 0 Å². The molecule has 1 amide bonds. The normalized spacial score (nSPS) is 18.2. The predicted octanol–water partition coefficient (Wildman–Crippen LogP) is 2.67. The minimum Gasteiger partial charge on any atom is -0.378 e. The third-order valence-corrected chi connectivity index (χ3v) is 4.13. The van der Waals surface area contributed by atoms with Crippen LogP contribution in [0.4, 0.5) is 4.39 Å². The van der Waals surface area contributed by atoms with E-state index in [0.717, 1.165) is 12.1 Å². The van der Waals surface area contributed by atoms with Crippen LogP contribution in [0.15, 0.2) is 18.2 Å². The lowest BCUT2D eigenvalue weighted by atomic mass is 9.84. The molecule has 1 aromatic rings. The maximum Gasteiger partial charge on any atom is 0.221 e. The monoisotopic (exact) mass is 364 g/mol. The van der Waals surface area contributed by atoms with Crippen molar-refractivity contribution in [2.24, 2.45) is 0 Å². The Balaban J connectivity index is 0.00000264. The van der Waals surface area contributed by atoms with Crippen molar-refractivity contribution in [3.05, 3.63) is 34.6 Å². The number of hydrogen-bond acceptors (Lipinski definition) is 3. The second-order valence-corrected chi connectivity index (χ2v) is 6.62. The van der Waals surface area contributed by atoms with Crippen LogP contribution in [0.3, 0.4) is 0 Å². The second kappa shape index (κ2) is 8.83. The number of hydrogen-bond donors (Lipinski definition) is 2. The molecule has 0 spiro atoms. The third kappa shape index (κ3) is 5.92. The lowest BCUT2D eigenvalue weighted by Crippen LogP contribution is -2.45. The van der Waals surface area contributed by atoms with E-state index in [0.29, 0.717) is 31.2 Å². The summed E-state index contributed by atoms with van der Waals surface area (Å²) in [5, 5.41) is 6.55. The van der Waals surface area contributed by atoms with Gasteiger partial charge < -0.3 is 15.4 Å². The molecule has 7 heteroatoms. The van der Waals surface area contributed by atoms with Crippen molar-refractivity contribution in [2.75, 3.05) is 26.3 Å². The summed E-state index contributed by atoms with van der Waals surface area (Å²) in [4.78, 5) is 12.0. The molecular weight excluding hydrogens is 342 g/mol. The SMILES string of the molecule is CC(C)(CNC(=O)CC1COCCN1)c1ccc(F)cc1Cl.Cl. The number of amides is 1. The molecule has 0 aromatic heterocycles. The lowest BCUT2D eigenvalue weighted by molar-refractivity contribution is -0.122. The Bertz CT molecular complexity index is 535. The average Bonchev–Trinajstić information content (AvgIpc) is 2.46. The highest BCUT2D eigenvalue weighted by Gasteiger charge is 2.25. The number of benzene rings is 1. The van der Waals surface area contributed by atoms with Crippen LogP contribution >= 0.6 is 24.0 Å². The zero-order chi connectivity index (χ0) is 16.2. The number of carbonyl (C=O) groups excluding carboxylic acids is 1. The van der Waals surface area contributed by atoms with E-state index >= 15 is 0 Å². The zero-order valence-corrected chi connectivity index (χ0v) is 14.9. The summed E-state index contributed by atoms with van der Waals surface area (Å²) in [6.45, 7) is 6.39. The predicted molar refractivity (Wildman–Crippen MR) is 91.9 cm³/mol. The van der Waals surface area contributed by atoms with Gasteiger partial charge in [0.25, 0.3) is 0 Å². The molecule has 2 N–H and O–H groups in total. The summed E-state index contributed by atoms with van der Waals surface area (Å²) in [5.74, 6) is -0.397. The summed E-state index contributed by atoms with van der Waals surface area (Å²) < 4.78 is 18.5. The van der Waals surface area contributed by atoms with Crippen molar-refractivity contribution >= 4 is 29.9 Å². The highest BCUT2D eigenvalue weighted by Crippen LogP contribution is 2.29. The molecule has 1 fully saturated rings. The first kappa shape index (κ1) is 20.2. The van der Waals surface area contributed by atoms with Crippen LogP contribution < -0.4 is 10.6 Å². The van der Waals surface area contributed by atoms with Gasteiger partial charge in [-0.15, -0.1) is 12.4 Å². The van der Waals surface area contributed by atoms with Crippen LogP contribution in [0.5, 0.6) is 0 Å². The third-order valence-electron chi connectivity index (χ3n) is 3.82. The maximum absolute atomic E-state index is 13.1. The van der Waals surface area contributed by atoms with Gasteiger partial charge in [-0.1, -0.05) is 31.5 Å². The summed E-state index contributed by atoms with van der Waals surface area (Å²) in [6.07, 6.45) is 0.382. The van der Waals surface area contributed by atoms with Crippen LogP contribution in [0.25, 0.3) is 0 Å². The number of halogens is 3. The van der Waals surface area contributed by atoms with Crippen molar-refractivity contribution < 1.29 is 13.9 Å². The van der Waals surface area contributed by atoms with Gasteiger partial charge >= 0.3 is 0 Å². The Morgan fingerprint density at radius 3 is 2.87 bits per heavy atom. The van der Waals surface area contributed by atoms with Gasteiger partial charge in [-0.2, -0.15) is 0 Å². The van der Waals surface area contributed by atoms with Crippen LogP contribution in [0, 0.1) is 5.82 Å². The molecule has 1 aromatic carbocycles. The van der Waals surface area contributed by atoms with Crippen molar-refractivity contribution in [2.45, 2.75) is 31.7 Å². The van der Waals surface area contributed by atoms with Crippen LogP contribution in [0.1, 0.15) is 25.8 Å². The van der Waals surface area contributed by atoms with E-state index in [-0.39, 0.29) is 35.6 Å². The van der Waals surface area contributed by atoms with Gasteiger partial charge in [0.1, 0.15) is 5.82 Å². The van der Waals surface area contributed by atoms with Gasteiger partial charge in [-0.05, 0) is 17.7 Å². The van der Waals surface area contributed by atoms with Crippen molar-refractivity contribution in [1.82, 2.24) is 10.6 Å². The molecular formula is C16H23Cl2FN2O2. The van der Waals surface area contributed by atoms with Crippen LogP contribution in [0.2, 0.25) is 5.02 Å². The zero-order valence-electron chi connectivity index (χ0n) is 13.3. The Kier molecular flexibility index (Phi) is 7.74. The molecule has 1 aliphatic heterocycles. The molecule has 1 atom stereocenters. The van der Waals surface area contributed by atoms with Gasteiger partial charge in [-0.25, -0.2) is 4.39 Å². The topological polar surface area (TPSA) is 50.4 Å². The van der Waals surface area contributed by atoms with Gasteiger partial charge in [0, 0.05) is 36.0 Å². The van der Waals surface area contributed by atoms with E-state index in [1.165, 1.54) is 12.1 Å². The quantitative estimate of drug-likeness (QED) is 0.844. The largest absolute Gasteiger partial charge is 0.378 e. The van der Waals surface area contributed by atoms with E-state index in [1.54, 1.807) is 6.07 Å². The van der Waals surface area contributed by atoms with E-state index < -0.39 is 0 Å². The van der Waals surface area contributed by atoms with E-state index in [2.05, 4.69) is 10.6 Å². The first-order chi connectivity index (χ1) is 10.4. The smallest absolute Gasteiger partial charge is 0.221 e. The summed E-state index contributed by atoms with van der Waals surface area (Å²) in [6, 6.07) is 4.41. The van der Waals surface area contributed by atoms with Gasteiger partial charge in [-0.3, -0.25) is 4.79 Å². The molecule has 1 unspecified atom stereocenters. The minimum atomic E-state index is -0.378. The molecule has 0 bridgehead atoms. The molecule has 1 heterocycles. The van der Waals surface area contributed by atoms with Crippen molar-refractivity contribution in [1.29, 1.82) is 0 Å².